The molecule has 5 nitrogen and oxygen atoms in total. The first-order chi connectivity index (χ1) is 11.5. The third kappa shape index (κ3) is 3.79. The van der Waals surface area contributed by atoms with E-state index in [0.717, 1.165) is 24.8 Å². The van der Waals surface area contributed by atoms with Crippen LogP contribution in [0.15, 0.2) is 41.2 Å². The van der Waals surface area contributed by atoms with Crippen LogP contribution in [0.25, 0.3) is 0 Å². The smallest absolute Gasteiger partial charge is 0.254 e. The van der Waals surface area contributed by atoms with Gasteiger partial charge in [-0.2, -0.15) is 0 Å². The van der Waals surface area contributed by atoms with Crippen LogP contribution in [0.3, 0.4) is 0 Å². The largest absolute Gasteiger partial charge is 0.494 e. The minimum absolute atomic E-state index is 0.216. The average Bonchev–Trinajstić information content (AvgIpc) is 2.80. The molecule has 1 atom stereocenters. The predicted molar refractivity (Wildman–Crippen MR) is 92.7 cm³/mol. The van der Waals surface area contributed by atoms with E-state index in [-0.39, 0.29) is 23.3 Å². The van der Waals surface area contributed by atoms with E-state index in [2.05, 4.69) is 4.98 Å². The van der Waals surface area contributed by atoms with Gasteiger partial charge in [-0.3, -0.25) is 14.6 Å². The van der Waals surface area contributed by atoms with E-state index in [1.807, 2.05) is 24.3 Å². The van der Waals surface area contributed by atoms with Crippen molar-refractivity contribution in [3.8, 4) is 5.88 Å². The Kier molecular flexibility index (Phi) is 4.90. The number of benzene rings is 1. The second-order valence-corrected chi connectivity index (χ2v) is 6.55. The molecule has 2 heterocycles. The number of nitrogens with one attached hydrogen (secondary N) is 1. The summed E-state index contributed by atoms with van der Waals surface area (Å²) >= 11 is 5.95. The van der Waals surface area contributed by atoms with E-state index >= 15 is 0 Å². The van der Waals surface area contributed by atoms with Crippen LogP contribution in [0, 0.1) is 0 Å². The summed E-state index contributed by atoms with van der Waals surface area (Å²) in [5.41, 5.74) is 0.892. The van der Waals surface area contributed by atoms with Gasteiger partial charge in [0, 0.05) is 36.2 Å². The van der Waals surface area contributed by atoms with Crippen molar-refractivity contribution < 1.29 is 9.90 Å². The second-order valence-electron chi connectivity index (χ2n) is 6.11. The molecule has 1 aliphatic heterocycles. The third-order valence-electron chi connectivity index (χ3n) is 4.38. The van der Waals surface area contributed by atoms with E-state index < -0.39 is 5.56 Å². The molecule has 2 aromatic rings. The molecule has 1 fully saturated rings. The summed E-state index contributed by atoms with van der Waals surface area (Å²) in [5, 5.41) is 10.2. The number of amides is 1. The van der Waals surface area contributed by atoms with Crippen LogP contribution in [-0.4, -0.2) is 34.0 Å². The van der Waals surface area contributed by atoms with Crippen molar-refractivity contribution in [1.29, 1.82) is 0 Å². The van der Waals surface area contributed by atoms with E-state index in [4.69, 9.17) is 11.6 Å². The van der Waals surface area contributed by atoms with Gasteiger partial charge in [0.15, 0.2) is 5.88 Å². The number of carbonyl (C=O) groups is 1. The lowest BCUT2D eigenvalue weighted by Gasteiger charge is -2.25. The van der Waals surface area contributed by atoms with Crippen molar-refractivity contribution in [3.63, 3.8) is 0 Å². The lowest BCUT2D eigenvalue weighted by atomic mass is 9.94. The van der Waals surface area contributed by atoms with Crippen LogP contribution < -0.4 is 5.56 Å². The van der Waals surface area contributed by atoms with Crippen molar-refractivity contribution in [2.75, 3.05) is 13.1 Å². The minimum Gasteiger partial charge on any atom is -0.494 e. The van der Waals surface area contributed by atoms with Crippen LogP contribution in [0.2, 0.25) is 5.02 Å². The molecule has 0 bridgehead atoms. The number of hydrogen-bond acceptors (Lipinski definition) is 3. The summed E-state index contributed by atoms with van der Waals surface area (Å²) in [6, 6.07) is 10.3. The van der Waals surface area contributed by atoms with Crippen molar-refractivity contribution >= 4 is 17.5 Å². The maximum absolute atomic E-state index is 12.7. The highest BCUT2D eigenvalue weighted by Gasteiger charge is 2.24. The fraction of sp³-hybridized carbons (Fsp3) is 0.333. The molecule has 126 valence electrons. The minimum atomic E-state index is -0.484. The molecule has 24 heavy (non-hydrogen) atoms. The molecule has 0 radical (unpaired) electrons. The molecule has 1 amide bonds. The molecule has 0 aliphatic carbocycles. The summed E-state index contributed by atoms with van der Waals surface area (Å²) in [6.45, 7) is 1.24. The van der Waals surface area contributed by atoms with Gasteiger partial charge in [0.05, 0.1) is 5.56 Å². The number of H-pyrrole nitrogens is 1. The molecular formula is C18H19ClN2O3. The molecule has 1 unspecified atom stereocenters. The molecule has 1 aromatic carbocycles. The zero-order chi connectivity index (χ0) is 17.1. The summed E-state index contributed by atoms with van der Waals surface area (Å²) in [6.07, 6.45) is 2.97. The van der Waals surface area contributed by atoms with Crippen LogP contribution in [0.4, 0.5) is 0 Å². The van der Waals surface area contributed by atoms with E-state index in [1.54, 1.807) is 4.90 Å². The highest BCUT2D eigenvalue weighted by molar-refractivity contribution is 6.30. The first kappa shape index (κ1) is 16.6. The van der Waals surface area contributed by atoms with Crippen LogP contribution in [0.5, 0.6) is 5.88 Å². The first-order valence-electron chi connectivity index (χ1n) is 8.01. The summed E-state index contributed by atoms with van der Waals surface area (Å²) in [5.74, 6) is -0.281. The molecule has 2 N–H and O–H groups in total. The van der Waals surface area contributed by atoms with Gasteiger partial charge in [-0.15, -0.1) is 0 Å². The van der Waals surface area contributed by atoms with Crippen molar-refractivity contribution in [1.82, 2.24) is 9.88 Å². The maximum Gasteiger partial charge on any atom is 0.254 e. The first-order valence-corrected chi connectivity index (χ1v) is 8.39. The fourth-order valence-corrected chi connectivity index (χ4v) is 3.29. The topological polar surface area (TPSA) is 73.4 Å². The third-order valence-corrected chi connectivity index (χ3v) is 4.63. The lowest BCUT2D eigenvalue weighted by Crippen LogP contribution is -2.34. The molecule has 3 rings (SSSR count). The number of likely N-dealkylation sites (tertiary alicyclic amines) is 1. The Hall–Kier alpha value is -2.27. The highest BCUT2D eigenvalue weighted by Crippen LogP contribution is 2.28. The number of aromatic hydroxyl groups is 1. The number of halogens is 1. The number of pyridine rings is 1. The Balaban J connectivity index is 1.82. The molecule has 1 saturated heterocycles. The van der Waals surface area contributed by atoms with Crippen molar-refractivity contribution in [3.05, 3.63) is 62.9 Å². The van der Waals surface area contributed by atoms with Gasteiger partial charge in [0.1, 0.15) is 0 Å². The van der Waals surface area contributed by atoms with Crippen molar-refractivity contribution in [2.45, 2.75) is 25.2 Å². The molecule has 1 aromatic heterocycles. The standard InChI is InChI=1S/C18H19ClN2O3/c19-15-6-4-12(5-7-15)13-3-1-2-8-21(11-13)18(24)14-9-16(22)20-17(23)10-14/h4-7,9-10,13H,1-3,8,11H2,(H2,20,22,23). The quantitative estimate of drug-likeness (QED) is 0.877. The average molecular weight is 347 g/mol. The lowest BCUT2D eigenvalue weighted by molar-refractivity contribution is 0.0753. The number of nitrogens with zero attached hydrogens (tertiary/aromatic N) is 1. The SMILES string of the molecule is O=C(c1cc(O)[nH]c(=O)c1)N1CCCCC(c2ccc(Cl)cc2)C1. The fourth-order valence-electron chi connectivity index (χ4n) is 3.17. The Morgan fingerprint density at radius 3 is 2.67 bits per heavy atom. The number of carbonyl (C=O) groups excluding carboxylic acids is 1. The normalized spacial score (nSPS) is 18.2. The van der Waals surface area contributed by atoms with Gasteiger partial charge in [-0.05, 0) is 30.5 Å². The highest BCUT2D eigenvalue weighted by atomic mass is 35.5. The number of hydrogen-bond donors (Lipinski definition) is 2. The predicted octanol–water partition coefficient (Wildman–Crippen LogP) is 3.14. The number of aromatic amines is 1. The number of rotatable bonds is 2. The number of aromatic nitrogens is 1. The van der Waals surface area contributed by atoms with Crippen LogP contribution in [-0.2, 0) is 0 Å². The monoisotopic (exact) mass is 346 g/mol. The van der Waals surface area contributed by atoms with E-state index in [1.165, 1.54) is 12.1 Å². The van der Waals surface area contributed by atoms with Gasteiger partial charge < -0.3 is 10.0 Å². The molecule has 1 aliphatic rings. The summed E-state index contributed by atoms with van der Waals surface area (Å²) in [7, 11) is 0. The summed E-state index contributed by atoms with van der Waals surface area (Å²) < 4.78 is 0. The molecule has 6 heteroatoms. The van der Waals surface area contributed by atoms with Gasteiger partial charge >= 0.3 is 0 Å². The van der Waals surface area contributed by atoms with Crippen LogP contribution >= 0.6 is 11.6 Å². The Bertz CT molecular complexity index is 786. The van der Waals surface area contributed by atoms with Gasteiger partial charge in [0.25, 0.3) is 11.5 Å². The summed E-state index contributed by atoms with van der Waals surface area (Å²) in [4.78, 5) is 28.2. The Morgan fingerprint density at radius 1 is 1.21 bits per heavy atom. The Labute approximate surface area is 144 Å². The Morgan fingerprint density at radius 2 is 1.96 bits per heavy atom. The molecular weight excluding hydrogens is 328 g/mol. The maximum atomic E-state index is 12.7. The van der Waals surface area contributed by atoms with Crippen LogP contribution in [0.1, 0.15) is 41.1 Å². The van der Waals surface area contributed by atoms with Gasteiger partial charge in [-0.1, -0.05) is 30.2 Å². The van der Waals surface area contributed by atoms with E-state index in [0.29, 0.717) is 18.1 Å². The van der Waals surface area contributed by atoms with Gasteiger partial charge in [-0.25, -0.2) is 0 Å². The second kappa shape index (κ2) is 7.09. The van der Waals surface area contributed by atoms with Gasteiger partial charge in [0.2, 0.25) is 0 Å². The molecule has 0 spiro atoms. The van der Waals surface area contributed by atoms with E-state index in [9.17, 15) is 14.7 Å². The molecule has 0 saturated carbocycles. The zero-order valence-electron chi connectivity index (χ0n) is 13.2. The van der Waals surface area contributed by atoms with Crippen molar-refractivity contribution in [2.24, 2.45) is 0 Å². The zero-order valence-corrected chi connectivity index (χ0v) is 13.9.